The number of hydrogen-bond donors (Lipinski definition) is 1. The third-order valence-electron chi connectivity index (χ3n) is 3.42. The molecular weight excluding hydrogens is 358 g/mol. The van der Waals surface area contributed by atoms with Gasteiger partial charge in [0.05, 0.1) is 11.8 Å². The molecule has 0 spiro atoms. The lowest BCUT2D eigenvalue weighted by atomic mass is 10.0. The zero-order valence-electron chi connectivity index (χ0n) is 11.8. The van der Waals surface area contributed by atoms with E-state index in [0.29, 0.717) is 12.1 Å². The van der Waals surface area contributed by atoms with E-state index < -0.39 is 10.0 Å². The summed E-state index contributed by atoms with van der Waals surface area (Å²) in [5.41, 5.74) is 0.510. The Balaban J connectivity index is 2.12. The van der Waals surface area contributed by atoms with Crippen LogP contribution in [-0.2, 0) is 10.0 Å². The number of hydrogen-bond acceptors (Lipinski definition) is 4. The summed E-state index contributed by atoms with van der Waals surface area (Å²) >= 11 is 3.30. The first-order valence-electron chi connectivity index (χ1n) is 6.73. The molecule has 1 N–H and O–H groups in total. The first-order chi connectivity index (χ1) is 9.87. The van der Waals surface area contributed by atoms with Gasteiger partial charge in [0.1, 0.15) is 0 Å². The summed E-state index contributed by atoms with van der Waals surface area (Å²) in [5, 5.41) is 0. The first-order valence-corrected chi connectivity index (χ1v) is 9.41. The predicted octanol–water partition coefficient (Wildman–Crippen LogP) is 1.39. The molecule has 116 valence electrons. The minimum atomic E-state index is -3.25. The van der Waals surface area contributed by atoms with Crippen LogP contribution >= 0.6 is 15.9 Å². The van der Waals surface area contributed by atoms with E-state index in [1.54, 1.807) is 17.2 Å². The summed E-state index contributed by atoms with van der Waals surface area (Å²) in [6.45, 7) is 0.896. The molecule has 8 heteroatoms. The SMILES string of the molecule is CS(=O)(=O)NC[C@H]1CCCCN1C(=O)c1cncc(Br)c1. The van der Waals surface area contributed by atoms with Crippen LogP contribution in [0.4, 0.5) is 0 Å². The maximum atomic E-state index is 12.6. The van der Waals surface area contributed by atoms with Gasteiger partial charge in [-0.1, -0.05) is 0 Å². The monoisotopic (exact) mass is 375 g/mol. The summed E-state index contributed by atoms with van der Waals surface area (Å²) in [6.07, 6.45) is 7.01. The molecule has 0 radical (unpaired) electrons. The highest BCUT2D eigenvalue weighted by Gasteiger charge is 2.28. The molecule has 0 aliphatic carbocycles. The molecular formula is C13H18BrN3O3S. The molecule has 2 rings (SSSR count). The fourth-order valence-corrected chi connectivity index (χ4v) is 3.28. The van der Waals surface area contributed by atoms with Crippen LogP contribution in [0.1, 0.15) is 29.6 Å². The molecule has 0 bridgehead atoms. The number of halogens is 1. The van der Waals surface area contributed by atoms with Crippen LogP contribution in [-0.4, -0.2) is 49.6 Å². The van der Waals surface area contributed by atoms with Crippen LogP contribution in [0.3, 0.4) is 0 Å². The number of rotatable bonds is 4. The predicted molar refractivity (Wildman–Crippen MR) is 83.5 cm³/mol. The van der Waals surface area contributed by atoms with Crippen molar-refractivity contribution in [2.24, 2.45) is 0 Å². The smallest absolute Gasteiger partial charge is 0.255 e. The van der Waals surface area contributed by atoms with Gasteiger partial charge in [0.25, 0.3) is 5.91 Å². The zero-order valence-corrected chi connectivity index (χ0v) is 14.2. The van der Waals surface area contributed by atoms with Crippen LogP contribution in [0.5, 0.6) is 0 Å². The van der Waals surface area contributed by atoms with Gasteiger partial charge in [-0.25, -0.2) is 13.1 Å². The lowest BCUT2D eigenvalue weighted by Gasteiger charge is -2.35. The fraction of sp³-hybridized carbons (Fsp3) is 0.538. The van der Waals surface area contributed by atoms with Crippen molar-refractivity contribution in [1.29, 1.82) is 0 Å². The Morgan fingerprint density at radius 1 is 1.48 bits per heavy atom. The topological polar surface area (TPSA) is 79.4 Å². The molecule has 0 saturated carbocycles. The highest BCUT2D eigenvalue weighted by atomic mass is 79.9. The molecule has 1 aromatic rings. The van der Waals surface area contributed by atoms with E-state index in [1.807, 2.05) is 0 Å². The molecule has 1 aliphatic heterocycles. The van der Waals surface area contributed by atoms with Gasteiger partial charge >= 0.3 is 0 Å². The standard InChI is InChI=1S/C13H18BrN3O3S/c1-21(19,20)16-9-12-4-2-3-5-17(12)13(18)10-6-11(14)8-15-7-10/h6-8,12,16H,2-5,9H2,1H3/t12-/m1/s1. The van der Waals surface area contributed by atoms with Gasteiger partial charge in [-0.05, 0) is 41.3 Å². The number of nitrogens with zero attached hydrogens (tertiary/aromatic N) is 2. The third kappa shape index (κ3) is 4.76. The van der Waals surface area contributed by atoms with E-state index in [0.717, 1.165) is 30.0 Å². The van der Waals surface area contributed by atoms with E-state index in [-0.39, 0.29) is 18.5 Å². The highest BCUT2D eigenvalue weighted by molar-refractivity contribution is 9.10. The Kier molecular flexibility index (Phi) is 5.34. The van der Waals surface area contributed by atoms with E-state index in [9.17, 15) is 13.2 Å². The highest BCUT2D eigenvalue weighted by Crippen LogP contribution is 2.20. The molecule has 1 aromatic heterocycles. The Labute approximate surface area is 133 Å². The average molecular weight is 376 g/mol. The van der Waals surface area contributed by atoms with Gasteiger partial charge in [0.15, 0.2) is 0 Å². The number of carbonyl (C=O) groups excluding carboxylic acids is 1. The molecule has 6 nitrogen and oxygen atoms in total. The van der Waals surface area contributed by atoms with Gasteiger partial charge in [0.2, 0.25) is 10.0 Å². The number of carbonyl (C=O) groups is 1. The summed E-state index contributed by atoms with van der Waals surface area (Å²) < 4.78 is 25.7. The molecule has 1 fully saturated rings. The number of amides is 1. The van der Waals surface area contributed by atoms with Gasteiger partial charge in [-0.15, -0.1) is 0 Å². The molecule has 0 aromatic carbocycles. The second-order valence-corrected chi connectivity index (χ2v) is 7.91. The summed E-state index contributed by atoms with van der Waals surface area (Å²) in [7, 11) is -3.25. The number of aromatic nitrogens is 1. The first kappa shape index (κ1) is 16.4. The normalized spacial score (nSPS) is 19.5. The van der Waals surface area contributed by atoms with Crippen molar-refractivity contribution >= 4 is 31.9 Å². The van der Waals surface area contributed by atoms with E-state index in [2.05, 4.69) is 25.6 Å². The zero-order chi connectivity index (χ0) is 15.5. The van der Waals surface area contributed by atoms with Gasteiger partial charge in [0, 0.05) is 36.0 Å². The van der Waals surface area contributed by atoms with Crippen LogP contribution in [0.25, 0.3) is 0 Å². The fourth-order valence-electron chi connectivity index (χ4n) is 2.42. The number of piperidine rings is 1. The second kappa shape index (κ2) is 6.85. The van der Waals surface area contributed by atoms with Crippen LogP contribution < -0.4 is 4.72 Å². The van der Waals surface area contributed by atoms with E-state index in [1.165, 1.54) is 6.20 Å². The maximum absolute atomic E-state index is 12.6. The van der Waals surface area contributed by atoms with Crippen molar-refractivity contribution in [3.8, 4) is 0 Å². The largest absolute Gasteiger partial charge is 0.334 e. The summed E-state index contributed by atoms with van der Waals surface area (Å²) in [4.78, 5) is 18.3. The number of likely N-dealkylation sites (tertiary alicyclic amines) is 1. The van der Waals surface area contributed by atoms with E-state index in [4.69, 9.17) is 0 Å². The minimum absolute atomic E-state index is 0.108. The van der Waals surface area contributed by atoms with Crippen LogP contribution in [0.15, 0.2) is 22.9 Å². The van der Waals surface area contributed by atoms with Crippen LogP contribution in [0, 0.1) is 0 Å². The Morgan fingerprint density at radius 3 is 2.90 bits per heavy atom. The van der Waals surface area contributed by atoms with Gasteiger partial charge < -0.3 is 4.90 Å². The quantitative estimate of drug-likeness (QED) is 0.861. The Bertz CT molecular complexity index is 621. The van der Waals surface area contributed by atoms with Crippen molar-refractivity contribution in [2.75, 3.05) is 19.3 Å². The average Bonchev–Trinajstić information content (AvgIpc) is 2.44. The summed E-state index contributed by atoms with van der Waals surface area (Å²) in [6, 6.07) is 1.62. The second-order valence-electron chi connectivity index (χ2n) is 5.16. The number of pyridine rings is 1. The molecule has 1 amide bonds. The third-order valence-corrected chi connectivity index (χ3v) is 4.55. The van der Waals surface area contributed by atoms with E-state index >= 15 is 0 Å². The minimum Gasteiger partial charge on any atom is -0.334 e. The molecule has 0 unspecified atom stereocenters. The number of sulfonamides is 1. The lowest BCUT2D eigenvalue weighted by molar-refractivity contribution is 0.0618. The van der Waals surface area contributed by atoms with Crippen LogP contribution in [0.2, 0.25) is 0 Å². The summed E-state index contributed by atoms with van der Waals surface area (Å²) in [5.74, 6) is -0.108. The molecule has 21 heavy (non-hydrogen) atoms. The maximum Gasteiger partial charge on any atom is 0.255 e. The lowest BCUT2D eigenvalue weighted by Crippen LogP contribution is -2.49. The molecule has 1 saturated heterocycles. The molecule has 1 atom stereocenters. The van der Waals surface area contributed by atoms with Gasteiger partial charge in [-0.2, -0.15) is 0 Å². The Morgan fingerprint density at radius 2 is 2.24 bits per heavy atom. The van der Waals surface area contributed by atoms with Crippen molar-refractivity contribution in [3.05, 3.63) is 28.5 Å². The Hall–Kier alpha value is -0.990. The molecule has 1 aliphatic rings. The van der Waals surface area contributed by atoms with Crippen molar-refractivity contribution in [3.63, 3.8) is 0 Å². The number of nitrogens with one attached hydrogen (secondary N) is 1. The molecule has 2 heterocycles. The van der Waals surface area contributed by atoms with Crippen molar-refractivity contribution in [1.82, 2.24) is 14.6 Å². The van der Waals surface area contributed by atoms with Gasteiger partial charge in [-0.3, -0.25) is 9.78 Å². The van der Waals surface area contributed by atoms with Crippen molar-refractivity contribution in [2.45, 2.75) is 25.3 Å². The van der Waals surface area contributed by atoms with Crippen molar-refractivity contribution < 1.29 is 13.2 Å².